The van der Waals surface area contributed by atoms with Gasteiger partial charge in [0.05, 0.1) is 6.54 Å². The van der Waals surface area contributed by atoms with Crippen LogP contribution in [0, 0.1) is 5.92 Å². The normalized spacial score (nSPS) is 33.9. The molecule has 0 bridgehead atoms. The Bertz CT molecular complexity index is 318. The van der Waals surface area contributed by atoms with Crippen LogP contribution in [0.25, 0.3) is 0 Å². The maximum Gasteiger partial charge on any atom is 0.319 e. The fourth-order valence-electron chi connectivity index (χ4n) is 3.01. The minimum atomic E-state index is -3.92. The van der Waals surface area contributed by atoms with Crippen molar-refractivity contribution < 1.29 is 17.6 Å². The summed E-state index contributed by atoms with van der Waals surface area (Å²) in [6, 6.07) is -0.0866. The predicted molar refractivity (Wildman–Crippen MR) is 65.7 cm³/mol. The number of nitrogens with zero attached hydrogens (tertiary/aromatic N) is 1. The molecule has 2 aliphatic rings. The molecule has 1 heterocycles. The largest absolute Gasteiger partial charge is 0.319 e. The summed E-state index contributed by atoms with van der Waals surface area (Å²) in [5.74, 6) is -3.43. The van der Waals surface area contributed by atoms with E-state index < -0.39 is 18.9 Å². The van der Waals surface area contributed by atoms with Crippen LogP contribution in [-0.4, -0.2) is 48.5 Å². The highest BCUT2D eigenvalue weighted by Crippen LogP contribution is 2.42. The van der Waals surface area contributed by atoms with Gasteiger partial charge in [-0.1, -0.05) is 6.92 Å². The zero-order valence-corrected chi connectivity index (χ0v) is 11.4. The van der Waals surface area contributed by atoms with Crippen molar-refractivity contribution in [3.8, 4) is 0 Å². The van der Waals surface area contributed by atoms with Crippen molar-refractivity contribution in [3.05, 3.63) is 0 Å². The summed E-state index contributed by atoms with van der Waals surface area (Å²) in [5.41, 5.74) is -0.204. The van der Waals surface area contributed by atoms with E-state index >= 15 is 0 Å². The number of hydrogen-bond acceptors (Lipinski definition) is 2. The van der Waals surface area contributed by atoms with E-state index in [0.717, 1.165) is 12.8 Å². The van der Waals surface area contributed by atoms with Gasteiger partial charge in [-0.05, 0) is 32.1 Å². The molecule has 2 atom stereocenters. The fourth-order valence-corrected chi connectivity index (χ4v) is 3.01. The molecule has 112 valence electrons. The van der Waals surface area contributed by atoms with Crippen LogP contribution in [0.2, 0.25) is 0 Å². The molecule has 0 amide bonds. The lowest BCUT2D eigenvalue weighted by atomic mass is 9.90. The van der Waals surface area contributed by atoms with Crippen LogP contribution in [0.3, 0.4) is 0 Å². The molecule has 19 heavy (non-hydrogen) atoms. The third-order valence-corrected chi connectivity index (χ3v) is 4.47. The minimum Gasteiger partial charge on any atom is -0.308 e. The Morgan fingerprint density at radius 3 is 2.47 bits per heavy atom. The Kier molecular flexibility index (Phi) is 4.12. The third-order valence-electron chi connectivity index (χ3n) is 4.47. The Labute approximate surface area is 111 Å². The molecule has 1 saturated carbocycles. The quantitative estimate of drug-likeness (QED) is 0.780. The van der Waals surface area contributed by atoms with E-state index in [2.05, 4.69) is 5.32 Å². The van der Waals surface area contributed by atoms with Gasteiger partial charge in [-0.3, -0.25) is 4.90 Å². The van der Waals surface area contributed by atoms with E-state index in [0.29, 0.717) is 25.4 Å². The SMILES string of the molecule is CCC1CNC(C)(C2CC2)CN1CC(F)(F)C(F)F. The van der Waals surface area contributed by atoms with Crippen LogP contribution in [0.4, 0.5) is 17.6 Å². The standard InChI is InChI=1S/C13H22F4N2/c1-3-10-6-18-12(2,9-4-5-9)7-19(10)8-13(16,17)11(14)15/h9-11,18H,3-8H2,1-2H3. The van der Waals surface area contributed by atoms with E-state index in [4.69, 9.17) is 0 Å². The van der Waals surface area contributed by atoms with Gasteiger partial charge in [-0.2, -0.15) is 8.78 Å². The van der Waals surface area contributed by atoms with Gasteiger partial charge in [-0.25, -0.2) is 8.78 Å². The van der Waals surface area contributed by atoms with E-state index in [9.17, 15) is 17.6 Å². The van der Waals surface area contributed by atoms with E-state index in [1.165, 1.54) is 0 Å². The van der Waals surface area contributed by atoms with E-state index in [-0.39, 0.29) is 11.6 Å². The summed E-state index contributed by atoms with van der Waals surface area (Å²) in [7, 11) is 0. The van der Waals surface area contributed by atoms with Crippen molar-refractivity contribution in [2.45, 2.75) is 57.0 Å². The molecule has 2 rings (SSSR count). The summed E-state index contributed by atoms with van der Waals surface area (Å²) in [6.45, 7) is 4.11. The maximum absolute atomic E-state index is 13.3. The number of hydrogen-bond donors (Lipinski definition) is 1. The molecule has 2 fully saturated rings. The van der Waals surface area contributed by atoms with Crippen LogP contribution in [0.1, 0.15) is 33.1 Å². The first-order valence-electron chi connectivity index (χ1n) is 6.93. The first-order valence-corrected chi connectivity index (χ1v) is 6.93. The van der Waals surface area contributed by atoms with Crippen LogP contribution >= 0.6 is 0 Å². The molecule has 2 nitrogen and oxygen atoms in total. The lowest BCUT2D eigenvalue weighted by molar-refractivity contribution is -0.151. The average molecular weight is 282 g/mol. The molecule has 6 heteroatoms. The Balaban J connectivity index is 2.05. The molecule has 1 saturated heterocycles. The van der Waals surface area contributed by atoms with Crippen molar-refractivity contribution in [3.63, 3.8) is 0 Å². The number of halogens is 4. The van der Waals surface area contributed by atoms with Crippen LogP contribution in [0.5, 0.6) is 0 Å². The second kappa shape index (κ2) is 5.20. The van der Waals surface area contributed by atoms with Gasteiger partial charge < -0.3 is 5.32 Å². The van der Waals surface area contributed by atoms with Crippen molar-refractivity contribution in [2.75, 3.05) is 19.6 Å². The lowest BCUT2D eigenvalue weighted by Gasteiger charge is -2.47. The maximum atomic E-state index is 13.3. The Morgan fingerprint density at radius 1 is 1.37 bits per heavy atom. The highest BCUT2D eigenvalue weighted by Gasteiger charge is 2.49. The van der Waals surface area contributed by atoms with Gasteiger partial charge in [0.15, 0.2) is 0 Å². The number of piperazine rings is 1. The molecular weight excluding hydrogens is 260 g/mol. The Hall–Kier alpha value is -0.360. The van der Waals surface area contributed by atoms with Crippen molar-refractivity contribution in [1.29, 1.82) is 0 Å². The third kappa shape index (κ3) is 3.21. The zero-order chi connectivity index (χ0) is 14.3. The van der Waals surface area contributed by atoms with E-state index in [1.807, 2.05) is 13.8 Å². The molecule has 2 unspecified atom stereocenters. The summed E-state index contributed by atoms with van der Waals surface area (Å²) >= 11 is 0. The highest BCUT2D eigenvalue weighted by molar-refractivity contribution is 5.04. The van der Waals surface area contributed by atoms with Gasteiger partial charge >= 0.3 is 12.3 Å². The van der Waals surface area contributed by atoms with E-state index in [1.54, 1.807) is 4.90 Å². The fraction of sp³-hybridized carbons (Fsp3) is 1.00. The molecule has 1 aliphatic carbocycles. The topological polar surface area (TPSA) is 15.3 Å². The summed E-state index contributed by atoms with van der Waals surface area (Å²) in [4.78, 5) is 1.56. The summed E-state index contributed by atoms with van der Waals surface area (Å²) < 4.78 is 51.3. The second-order valence-corrected chi connectivity index (χ2v) is 6.10. The number of rotatable bonds is 5. The van der Waals surface area contributed by atoms with Crippen LogP contribution in [-0.2, 0) is 0 Å². The molecule has 0 aromatic rings. The number of alkyl halides is 4. The summed E-state index contributed by atoms with van der Waals surface area (Å²) in [6.07, 6.45) is -0.710. The number of nitrogens with one attached hydrogen (secondary N) is 1. The molecule has 1 N–H and O–H groups in total. The molecule has 1 aliphatic heterocycles. The predicted octanol–water partition coefficient (Wildman–Crippen LogP) is 2.74. The van der Waals surface area contributed by atoms with Gasteiger partial charge in [0.1, 0.15) is 0 Å². The van der Waals surface area contributed by atoms with Crippen molar-refractivity contribution in [1.82, 2.24) is 10.2 Å². The van der Waals surface area contributed by atoms with Crippen LogP contribution in [0.15, 0.2) is 0 Å². The Morgan fingerprint density at radius 2 is 2.00 bits per heavy atom. The minimum absolute atomic E-state index is 0.0866. The first-order chi connectivity index (χ1) is 8.78. The van der Waals surface area contributed by atoms with Gasteiger partial charge in [-0.15, -0.1) is 0 Å². The van der Waals surface area contributed by atoms with Gasteiger partial charge in [0.2, 0.25) is 0 Å². The lowest BCUT2D eigenvalue weighted by Crippen LogP contribution is -2.65. The zero-order valence-electron chi connectivity index (χ0n) is 11.4. The summed E-state index contributed by atoms with van der Waals surface area (Å²) in [5, 5.41) is 3.43. The molecule has 0 aromatic heterocycles. The molecule has 0 aromatic carbocycles. The molecule has 0 spiro atoms. The van der Waals surface area contributed by atoms with Crippen molar-refractivity contribution in [2.24, 2.45) is 5.92 Å². The first kappa shape index (κ1) is 15.0. The average Bonchev–Trinajstić information content (AvgIpc) is 3.12. The monoisotopic (exact) mass is 282 g/mol. The smallest absolute Gasteiger partial charge is 0.308 e. The molecule has 0 radical (unpaired) electrons. The second-order valence-electron chi connectivity index (χ2n) is 6.10. The molecular formula is C13H22F4N2. The van der Waals surface area contributed by atoms with Gasteiger partial charge in [0.25, 0.3) is 0 Å². The van der Waals surface area contributed by atoms with Gasteiger partial charge in [0, 0.05) is 24.7 Å². The van der Waals surface area contributed by atoms with Crippen LogP contribution < -0.4 is 5.32 Å². The van der Waals surface area contributed by atoms with Crippen molar-refractivity contribution >= 4 is 0 Å². The highest BCUT2D eigenvalue weighted by atomic mass is 19.3.